The maximum Gasteiger partial charge on any atom is 0.234 e. The number of nitrogens with zero attached hydrogens (tertiary/aromatic N) is 1. The molecule has 0 heterocycles. The Labute approximate surface area is 64.6 Å². The Hall–Kier alpha value is -1.64. The van der Waals surface area contributed by atoms with Gasteiger partial charge in [0.05, 0.1) is 0 Å². The van der Waals surface area contributed by atoms with Crippen LogP contribution in [-0.2, 0) is 4.79 Å². The fraction of sp³-hybridized carbons (Fsp3) is 0. The van der Waals surface area contributed by atoms with E-state index < -0.39 is 0 Å². The van der Waals surface area contributed by atoms with Crippen LogP contribution in [0.15, 0.2) is 35.3 Å². The van der Waals surface area contributed by atoms with Crippen molar-refractivity contribution in [3.63, 3.8) is 0 Å². The number of amides is 1. The molecule has 0 aliphatic rings. The summed E-state index contributed by atoms with van der Waals surface area (Å²) >= 11 is 0. The van der Waals surface area contributed by atoms with Crippen molar-refractivity contribution in [1.82, 2.24) is 0 Å². The van der Waals surface area contributed by atoms with Crippen LogP contribution in [0.3, 0.4) is 0 Å². The zero-order valence-corrected chi connectivity index (χ0v) is 5.90. The normalized spacial score (nSPS) is 11.1. The Bertz CT molecular complexity index is 267. The molecule has 2 N–H and O–H groups in total. The molecule has 3 nitrogen and oxygen atoms in total. The molecule has 0 spiro atoms. The number of aliphatic imine (C=N–C) groups is 1. The van der Waals surface area contributed by atoms with Gasteiger partial charge in [0.15, 0.2) is 0 Å². The van der Waals surface area contributed by atoms with Crippen molar-refractivity contribution < 1.29 is 4.79 Å². The van der Waals surface area contributed by atoms with Crippen LogP contribution >= 0.6 is 0 Å². The Balaban J connectivity index is 2.94. The van der Waals surface area contributed by atoms with Crippen LogP contribution in [0, 0.1) is 0 Å². The third-order valence-corrected chi connectivity index (χ3v) is 1.26. The van der Waals surface area contributed by atoms with E-state index in [0.717, 1.165) is 5.56 Å². The van der Waals surface area contributed by atoms with E-state index in [0.29, 0.717) is 6.41 Å². The minimum atomic E-state index is 0.251. The highest BCUT2D eigenvalue weighted by Crippen LogP contribution is 1.96. The third kappa shape index (κ3) is 1.89. The Morgan fingerprint density at radius 3 is 2.55 bits per heavy atom. The van der Waals surface area contributed by atoms with Gasteiger partial charge in [-0.25, -0.2) is 0 Å². The summed E-state index contributed by atoms with van der Waals surface area (Å²) in [5, 5.41) is 0. The van der Waals surface area contributed by atoms with Gasteiger partial charge < -0.3 is 5.73 Å². The lowest BCUT2D eigenvalue weighted by molar-refractivity contribution is -0.106. The summed E-state index contributed by atoms with van der Waals surface area (Å²) in [6.07, 6.45) is 0.433. The summed E-state index contributed by atoms with van der Waals surface area (Å²) in [6.45, 7) is 0. The summed E-state index contributed by atoms with van der Waals surface area (Å²) in [6, 6.07) is 9.13. The number of hydrogen-bond acceptors (Lipinski definition) is 1. The number of hydrogen-bond donors (Lipinski definition) is 1. The van der Waals surface area contributed by atoms with Gasteiger partial charge >= 0.3 is 0 Å². The molecule has 11 heavy (non-hydrogen) atoms. The minimum Gasteiger partial charge on any atom is -0.383 e. The van der Waals surface area contributed by atoms with E-state index in [-0.39, 0.29) is 5.84 Å². The van der Waals surface area contributed by atoms with E-state index in [9.17, 15) is 4.79 Å². The van der Waals surface area contributed by atoms with Crippen molar-refractivity contribution in [2.24, 2.45) is 10.7 Å². The van der Waals surface area contributed by atoms with Crippen molar-refractivity contribution in [1.29, 1.82) is 0 Å². The van der Waals surface area contributed by atoms with Gasteiger partial charge in [-0.1, -0.05) is 30.3 Å². The van der Waals surface area contributed by atoms with Gasteiger partial charge in [-0.3, -0.25) is 4.79 Å². The standard InChI is InChI=1S/C8H8N2O/c9-8(10-6-11)7-4-2-1-3-5-7/h1-6H,(H2,9,10,11). The van der Waals surface area contributed by atoms with Crippen LogP contribution in [0.2, 0.25) is 0 Å². The molecule has 1 amide bonds. The van der Waals surface area contributed by atoms with Crippen LogP contribution in [0.4, 0.5) is 0 Å². The van der Waals surface area contributed by atoms with Crippen molar-refractivity contribution in [2.75, 3.05) is 0 Å². The summed E-state index contributed by atoms with van der Waals surface area (Å²) in [7, 11) is 0. The van der Waals surface area contributed by atoms with Gasteiger partial charge in [0.25, 0.3) is 0 Å². The van der Waals surface area contributed by atoms with Gasteiger partial charge in [-0.05, 0) is 0 Å². The molecule has 0 fully saturated rings. The molecule has 1 aromatic carbocycles. The first-order chi connectivity index (χ1) is 5.34. The molecule has 0 aliphatic heterocycles. The van der Waals surface area contributed by atoms with Crippen molar-refractivity contribution in [3.8, 4) is 0 Å². The first-order valence-corrected chi connectivity index (χ1v) is 3.17. The smallest absolute Gasteiger partial charge is 0.234 e. The second kappa shape index (κ2) is 3.51. The maximum absolute atomic E-state index is 9.92. The van der Waals surface area contributed by atoms with E-state index in [2.05, 4.69) is 4.99 Å². The van der Waals surface area contributed by atoms with Crippen molar-refractivity contribution in [3.05, 3.63) is 35.9 Å². The average Bonchev–Trinajstić information content (AvgIpc) is 2.07. The van der Waals surface area contributed by atoms with Crippen LogP contribution in [0.1, 0.15) is 5.56 Å². The lowest BCUT2D eigenvalue weighted by Crippen LogP contribution is -2.12. The van der Waals surface area contributed by atoms with Crippen molar-refractivity contribution in [2.45, 2.75) is 0 Å². The van der Waals surface area contributed by atoms with Crippen LogP contribution in [0.5, 0.6) is 0 Å². The molecule has 0 atom stereocenters. The molecular weight excluding hydrogens is 140 g/mol. The lowest BCUT2D eigenvalue weighted by Gasteiger charge is -1.95. The molecule has 3 heteroatoms. The number of carbonyl (C=O) groups is 1. The first kappa shape index (κ1) is 7.47. The SMILES string of the molecule is NC(=NC=O)c1ccccc1. The van der Waals surface area contributed by atoms with E-state index >= 15 is 0 Å². The molecule has 1 aromatic rings. The molecule has 0 unspecified atom stereocenters. The predicted octanol–water partition coefficient (Wildman–Crippen LogP) is 0.548. The summed E-state index contributed by atoms with van der Waals surface area (Å²) in [5.74, 6) is 0.251. The largest absolute Gasteiger partial charge is 0.383 e. The number of nitrogens with two attached hydrogens (primary N) is 1. The van der Waals surface area contributed by atoms with E-state index in [4.69, 9.17) is 5.73 Å². The molecule has 1 rings (SSSR count). The minimum absolute atomic E-state index is 0.251. The molecule has 0 saturated heterocycles. The molecule has 56 valence electrons. The lowest BCUT2D eigenvalue weighted by atomic mass is 10.2. The molecule has 0 bridgehead atoms. The predicted molar refractivity (Wildman–Crippen MR) is 43.2 cm³/mol. The van der Waals surface area contributed by atoms with E-state index in [1.807, 2.05) is 18.2 Å². The van der Waals surface area contributed by atoms with Crippen LogP contribution in [-0.4, -0.2) is 12.2 Å². The van der Waals surface area contributed by atoms with Gasteiger partial charge in [0.2, 0.25) is 6.41 Å². The summed E-state index contributed by atoms with van der Waals surface area (Å²) in [4.78, 5) is 13.3. The number of amidine groups is 1. The second-order valence-corrected chi connectivity index (χ2v) is 1.99. The maximum atomic E-state index is 9.92. The highest BCUT2D eigenvalue weighted by molar-refractivity contribution is 6.00. The highest BCUT2D eigenvalue weighted by atomic mass is 16.1. The summed E-state index contributed by atoms with van der Waals surface area (Å²) in [5.41, 5.74) is 6.19. The van der Waals surface area contributed by atoms with Gasteiger partial charge in [-0.15, -0.1) is 0 Å². The molecule has 0 radical (unpaired) electrons. The summed E-state index contributed by atoms with van der Waals surface area (Å²) < 4.78 is 0. The Morgan fingerprint density at radius 2 is 2.00 bits per heavy atom. The van der Waals surface area contributed by atoms with Gasteiger partial charge in [-0.2, -0.15) is 4.99 Å². The van der Waals surface area contributed by atoms with E-state index in [1.165, 1.54) is 0 Å². The van der Waals surface area contributed by atoms with Gasteiger partial charge in [0.1, 0.15) is 5.84 Å². The third-order valence-electron chi connectivity index (χ3n) is 1.26. The van der Waals surface area contributed by atoms with Crippen LogP contribution < -0.4 is 5.73 Å². The van der Waals surface area contributed by atoms with E-state index in [1.54, 1.807) is 12.1 Å². The molecular formula is C8H8N2O. The highest BCUT2D eigenvalue weighted by Gasteiger charge is 1.93. The quantitative estimate of drug-likeness (QED) is 0.378. The fourth-order valence-electron chi connectivity index (χ4n) is 0.740. The Morgan fingerprint density at radius 1 is 1.36 bits per heavy atom. The second-order valence-electron chi connectivity index (χ2n) is 1.99. The molecule has 0 aliphatic carbocycles. The zero-order chi connectivity index (χ0) is 8.10. The molecule has 0 aromatic heterocycles. The zero-order valence-electron chi connectivity index (χ0n) is 5.90. The van der Waals surface area contributed by atoms with Crippen LogP contribution in [0.25, 0.3) is 0 Å². The Kier molecular flexibility index (Phi) is 2.38. The number of rotatable bonds is 2. The van der Waals surface area contributed by atoms with Gasteiger partial charge in [0, 0.05) is 5.56 Å². The fourth-order valence-corrected chi connectivity index (χ4v) is 0.740. The first-order valence-electron chi connectivity index (χ1n) is 3.17. The monoisotopic (exact) mass is 148 g/mol. The van der Waals surface area contributed by atoms with Crippen molar-refractivity contribution >= 4 is 12.2 Å². The molecule has 0 saturated carbocycles. The average molecular weight is 148 g/mol. The number of benzene rings is 1. The topological polar surface area (TPSA) is 55.4 Å². The number of carbonyl (C=O) groups excluding carboxylic acids is 1.